The second-order valence-electron chi connectivity index (χ2n) is 3.49. The first-order valence-corrected chi connectivity index (χ1v) is 4.21. The van der Waals surface area contributed by atoms with Crippen LogP contribution < -0.4 is 10.6 Å². The van der Waals surface area contributed by atoms with Gasteiger partial charge in [0.2, 0.25) is 0 Å². The highest BCUT2D eigenvalue weighted by Crippen LogP contribution is 2.32. The van der Waals surface area contributed by atoms with Gasteiger partial charge in [-0.25, -0.2) is 5.32 Å². The molecule has 2 aliphatic heterocycles. The Balaban J connectivity index is 2.13. The number of piperidine rings is 1. The van der Waals surface area contributed by atoms with E-state index in [2.05, 4.69) is 10.6 Å². The predicted molar refractivity (Wildman–Crippen MR) is 41.4 cm³/mol. The van der Waals surface area contributed by atoms with Gasteiger partial charge >= 0.3 is 0 Å². The summed E-state index contributed by atoms with van der Waals surface area (Å²) < 4.78 is 0. The number of rotatable bonds is 0. The van der Waals surface area contributed by atoms with Gasteiger partial charge in [-0.2, -0.15) is 0 Å². The minimum atomic E-state index is -0.0122. The van der Waals surface area contributed by atoms with E-state index in [0.29, 0.717) is 12.3 Å². The zero-order valence-electron chi connectivity index (χ0n) is 6.60. The lowest BCUT2D eigenvalue weighted by atomic mass is 9.77. The molecule has 2 heterocycles. The molecular formula is C8H13N2O. The number of nitrogens with zero attached hydrogens (tertiary/aromatic N) is 1. The number of ketones is 1. The Morgan fingerprint density at radius 3 is 3.00 bits per heavy atom. The fourth-order valence-electron chi connectivity index (χ4n) is 1.98. The molecule has 3 nitrogen and oxygen atoms in total. The van der Waals surface area contributed by atoms with Crippen LogP contribution in [0, 0.1) is 5.41 Å². The van der Waals surface area contributed by atoms with Crippen molar-refractivity contribution < 1.29 is 4.79 Å². The summed E-state index contributed by atoms with van der Waals surface area (Å²) in [7, 11) is 0. The van der Waals surface area contributed by atoms with Crippen molar-refractivity contribution in [2.24, 2.45) is 5.41 Å². The maximum Gasteiger partial charge on any atom is 0.155 e. The summed E-state index contributed by atoms with van der Waals surface area (Å²) in [5, 5.41) is 7.35. The molecule has 0 amide bonds. The fraction of sp³-hybridized carbons (Fsp3) is 0.875. The maximum absolute atomic E-state index is 11.5. The quantitative estimate of drug-likeness (QED) is 0.512. The Bertz CT molecular complexity index is 173. The molecule has 0 bridgehead atoms. The molecule has 0 aromatic rings. The molecule has 3 heteroatoms. The minimum Gasteiger partial charge on any atom is -0.316 e. The molecule has 0 aromatic carbocycles. The van der Waals surface area contributed by atoms with E-state index in [1.165, 1.54) is 0 Å². The van der Waals surface area contributed by atoms with Gasteiger partial charge in [-0.1, -0.05) is 0 Å². The summed E-state index contributed by atoms with van der Waals surface area (Å²) >= 11 is 0. The second-order valence-corrected chi connectivity index (χ2v) is 3.49. The topological polar surface area (TPSA) is 43.2 Å². The van der Waals surface area contributed by atoms with Gasteiger partial charge in [-0.15, -0.1) is 0 Å². The van der Waals surface area contributed by atoms with E-state index in [-0.39, 0.29) is 5.41 Å². The summed E-state index contributed by atoms with van der Waals surface area (Å²) in [6.07, 6.45) is 2.00. The average Bonchev–Trinajstić information content (AvgIpc) is 2.46. The van der Waals surface area contributed by atoms with Crippen LogP contribution in [-0.4, -0.2) is 32.0 Å². The van der Waals surface area contributed by atoms with E-state index in [1.54, 1.807) is 0 Å². The van der Waals surface area contributed by atoms with Gasteiger partial charge in [-0.05, 0) is 19.4 Å². The molecule has 2 saturated heterocycles. The lowest BCUT2D eigenvalue weighted by Crippen LogP contribution is -2.44. The van der Waals surface area contributed by atoms with Gasteiger partial charge < -0.3 is 5.32 Å². The van der Waals surface area contributed by atoms with Crippen LogP contribution in [0.2, 0.25) is 0 Å². The summed E-state index contributed by atoms with van der Waals surface area (Å²) in [4.78, 5) is 11.5. The third-order valence-corrected chi connectivity index (χ3v) is 2.84. The van der Waals surface area contributed by atoms with Crippen molar-refractivity contribution in [1.82, 2.24) is 10.6 Å². The van der Waals surface area contributed by atoms with Crippen LogP contribution >= 0.6 is 0 Å². The van der Waals surface area contributed by atoms with Crippen LogP contribution in [0.1, 0.15) is 12.8 Å². The monoisotopic (exact) mass is 153 g/mol. The minimum absolute atomic E-state index is 0.0122. The zero-order valence-corrected chi connectivity index (χ0v) is 6.60. The van der Waals surface area contributed by atoms with E-state index >= 15 is 0 Å². The van der Waals surface area contributed by atoms with Gasteiger partial charge in [0.25, 0.3) is 0 Å². The van der Waals surface area contributed by atoms with Gasteiger partial charge in [-0.3, -0.25) is 4.79 Å². The van der Waals surface area contributed by atoms with Crippen LogP contribution in [0.4, 0.5) is 0 Å². The normalized spacial score (nSPS) is 38.4. The van der Waals surface area contributed by atoms with Crippen LogP contribution in [0.25, 0.3) is 0 Å². The van der Waals surface area contributed by atoms with Crippen molar-refractivity contribution >= 4 is 5.78 Å². The van der Waals surface area contributed by atoms with Gasteiger partial charge in [0, 0.05) is 18.5 Å². The number of carbonyl (C=O) groups is 1. The average molecular weight is 153 g/mol. The summed E-state index contributed by atoms with van der Waals surface area (Å²) in [6, 6.07) is 0. The molecule has 11 heavy (non-hydrogen) atoms. The highest BCUT2D eigenvalue weighted by Gasteiger charge is 2.42. The number of carbonyl (C=O) groups excluding carboxylic acids is 1. The van der Waals surface area contributed by atoms with E-state index in [4.69, 9.17) is 0 Å². The number of hydrogen-bond acceptors (Lipinski definition) is 2. The van der Waals surface area contributed by atoms with Crippen molar-refractivity contribution in [1.29, 1.82) is 0 Å². The number of hydrogen-bond donors (Lipinski definition) is 1. The summed E-state index contributed by atoms with van der Waals surface area (Å²) in [6.45, 7) is 3.24. The summed E-state index contributed by atoms with van der Waals surface area (Å²) in [5.74, 6) is 0.355. The van der Waals surface area contributed by atoms with E-state index in [1.807, 2.05) is 0 Å². The summed E-state index contributed by atoms with van der Waals surface area (Å²) in [5.41, 5.74) is -0.0122. The molecule has 1 atom stereocenters. The first-order valence-electron chi connectivity index (χ1n) is 4.21. The Labute approximate surface area is 66.5 Å². The van der Waals surface area contributed by atoms with Crippen LogP contribution in [0.3, 0.4) is 0 Å². The molecular weight excluding hydrogens is 140 g/mol. The Morgan fingerprint density at radius 2 is 2.36 bits per heavy atom. The van der Waals surface area contributed by atoms with Gasteiger partial charge in [0.05, 0.1) is 6.54 Å². The Kier molecular flexibility index (Phi) is 1.69. The molecule has 1 spiro atoms. The van der Waals surface area contributed by atoms with Gasteiger partial charge in [0.15, 0.2) is 5.78 Å². The second kappa shape index (κ2) is 2.57. The maximum atomic E-state index is 11.5. The van der Waals surface area contributed by atoms with Crippen LogP contribution in [0.5, 0.6) is 0 Å². The van der Waals surface area contributed by atoms with E-state index in [9.17, 15) is 4.79 Å². The van der Waals surface area contributed by atoms with Crippen LogP contribution in [0.15, 0.2) is 0 Å². The van der Waals surface area contributed by atoms with Crippen molar-refractivity contribution in [2.75, 3.05) is 26.2 Å². The number of Topliss-reactive ketones (excluding diaryl/α,β-unsaturated/α-hetero) is 1. The molecule has 2 rings (SSSR count). The third kappa shape index (κ3) is 1.08. The Hall–Kier alpha value is -0.410. The zero-order chi connectivity index (χ0) is 7.73. The van der Waals surface area contributed by atoms with Crippen molar-refractivity contribution in [3.8, 4) is 0 Å². The van der Waals surface area contributed by atoms with Crippen molar-refractivity contribution in [2.45, 2.75) is 12.8 Å². The van der Waals surface area contributed by atoms with E-state index in [0.717, 1.165) is 32.5 Å². The molecule has 0 aliphatic carbocycles. The largest absolute Gasteiger partial charge is 0.316 e. The van der Waals surface area contributed by atoms with Crippen molar-refractivity contribution in [3.63, 3.8) is 0 Å². The molecule has 1 N–H and O–H groups in total. The molecule has 2 fully saturated rings. The smallest absolute Gasteiger partial charge is 0.155 e. The van der Waals surface area contributed by atoms with E-state index < -0.39 is 0 Å². The predicted octanol–water partition coefficient (Wildman–Crippen LogP) is -0.457. The lowest BCUT2D eigenvalue weighted by Gasteiger charge is -2.30. The standard InChI is InChI=1S/C8H13N2O/c11-7-5-9-3-1-8(7)2-4-10-6-8/h10H,1-6H2. The van der Waals surface area contributed by atoms with Crippen molar-refractivity contribution in [3.05, 3.63) is 0 Å². The molecule has 1 unspecified atom stereocenters. The Morgan fingerprint density at radius 1 is 1.45 bits per heavy atom. The highest BCUT2D eigenvalue weighted by atomic mass is 16.1. The lowest BCUT2D eigenvalue weighted by molar-refractivity contribution is -0.128. The SMILES string of the molecule is O=C1C[N]CCC12CCNC2. The molecule has 0 saturated carbocycles. The number of nitrogens with one attached hydrogen (secondary N) is 1. The molecule has 0 aromatic heterocycles. The molecule has 61 valence electrons. The first-order chi connectivity index (χ1) is 5.33. The fourth-order valence-corrected chi connectivity index (χ4v) is 1.98. The highest BCUT2D eigenvalue weighted by molar-refractivity contribution is 5.87. The van der Waals surface area contributed by atoms with Crippen LogP contribution in [-0.2, 0) is 4.79 Å². The van der Waals surface area contributed by atoms with Gasteiger partial charge in [0.1, 0.15) is 0 Å². The third-order valence-electron chi connectivity index (χ3n) is 2.84. The molecule has 1 radical (unpaired) electrons. The molecule has 2 aliphatic rings. The first kappa shape index (κ1) is 7.25.